The van der Waals surface area contributed by atoms with Gasteiger partial charge in [-0.3, -0.25) is 4.40 Å². The minimum atomic E-state index is -4.53. The summed E-state index contributed by atoms with van der Waals surface area (Å²) in [6, 6.07) is 7.69. The lowest BCUT2D eigenvalue weighted by molar-refractivity contribution is -0.137. The quantitative estimate of drug-likeness (QED) is 0.547. The molecule has 1 aromatic carbocycles. The van der Waals surface area contributed by atoms with E-state index in [9.17, 15) is 26.4 Å². The lowest BCUT2D eigenvalue weighted by Gasteiger charge is -2.31. The minimum absolute atomic E-state index is 0.0296. The summed E-state index contributed by atoms with van der Waals surface area (Å²) < 4.78 is 73.0. The van der Waals surface area contributed by atoms with E-state index < -0.39 is 33.7 Å². The Morgan fingerprint density at radius 1 is 1.19 bits per heavy atom. The molecule has 32 heavy (non-hydrogen) atoms. The zero-order chi connectivity index (χ0) is 23.1. The van der Waals surface area contributed by atoms with Crippen molar-refractivity contribution in [2.24, 2.45) is 0 Å². The minimum Gasteiger partial charge on any atom is -0.465 e. The number of sulfonamides is 1. The van der Waals surface area contributed by atoms with Gasteiger partial charge in [0, 0.05) is 25.2 Å². The number of rotatable bonds is 4. The number of halogens is 3. The number of pyridine rings is 1. The second-order valence-electron chi connectivity index (χ2n) is 7.42. The van der Waals surface area contributed by atoms with Gasteiger partial charge in [-0.1, -0.05) is 6.07 Å². The van der Waals surface area contributed by atoms with Crippen molar-refractivity contribution in [3.05, 3.63) is 59.5 Å². The highest BCUT2D eigenvalue weighted by Gasteiger charge is 2.35. The average molecular weight is 468 g/mol. The predicted molar refractivity (Wildman–Crippen MR) is 107 cm³/mol. The molecule has 1 atom stereocenters. The van der Waals surface area contributed by atoms with E-state index in [2.05, 4.69) is 14.9 Å². The van der Waals surface area contributed by atoms with E-state index in [1.165, 1.54) is 46.1 Å². The van der Waals surface area contributed by atoms with Crippen LogP contribution in [0, 0.1) is 0 Å². The molecule has 1 fully saturated rings. The maximum absolute atomic E-state index is 13.2. The van der Waals surface area contributed by atoms with Crippen molar-refractivity contribution in [1.29, 1.82) is 0 Å². The second-order valence-corrected chi connectivity index (χ2v) is 9.36. The first-order valence-electron chi connectivity index (χ1n) is 9.71. The number of alkyl halides is 3. The van der Waals surface area contributed by atoms with Crippen LogP contribution in [0.3, 0.4) is 0 Å². The van der Waals surface area contributed by atoms with Crippen LogP contribution in [-0.2, 0) is 20.9 Å². The van der Waals surface area contributed by atoms with E-state index in [0.717, 1.165) is 12.3 Å². The summed E-state index contributed by atoms with van der Waals surface area (Å²) >= 11 is 0. The Labute approximate surface area is 181 Å². The number of carbonyl (C=O) groups excluding carboxylic acids is 1. The number of fused-ring (bicyclic) bond motifs is 1. The number of aromatic nitrogens is 3. The van der Waals surface area contributed by atoms with Gasteiger partial charge in [0.25, 0.3) is 0 Å². The average Bonchev–Trinajstić information content (AvgIpc) is 3.21. The van der Waals surface area contributed by atoms with Crippen LogP contribution in [0.25, 0.3) is 5.65 Å². The van der Waals surface area contributed by atoms with Crippen molar-refractivity contribution in [3.8, 4) is 0 Å². The third-order valence-corrected chi connectivity index (χ3v) is 7.26. The van der Waals surface area contributed by atoms with Gasteiger partial charge in [0.2, 0.25) is 10.0 Å². The second kappa shape index (κ2) is 8.17. The Morgan fingerprint density at radius 2 is 1.97 bits per heavy atom. The number of ether oxygens (including phenoxy) is 1. The van der Waals surface area contributed by atoms with E-state index >= 15 is 0 Å². The summed E-state index contributed by atoms with van der Waals surface area (Å²) in [5.74, 6) is -0.830. The van der Waals surface area contributed by atoms with Gasteiger partial charge in [-0.2, -0.15) is 17.5 Å². The SMILES string of the molecule is COC(=O)c1cccc(S(=O)(=O)N2CCC[C@H](c3nnc4ccc(C(F)(F)F)cn34)C2)c1. The first-order chi connectivity index (χ1) is 15.1. The zero-order valence-electron chi connectivity index (χ0n) is 16.9. The van der Waals surface area contributed by atoms with Gasteiger partial charge in [-0.15, -0.1) is 10.2 Å². The van der Waals surface area contributed by atoms with E-state index in [4.69, 9.17) is 0 Å². The fraction of sp³-hybridized carbons (Fsp3) is 0.350. The summed E-state index contributed by atoms with van der Waals surface area (Å²) in [5, 5.41) is 7.97. The summed E-state index contributed by atoms with van der Waals surface area (Å²) in [4.78, 5) is 11.7. The highest BCUT2D eigenvalue weighted by atomic mass is 32.2. The van der Waals surface area contributed by atoms with Gasteiger partial charge >= 0.3 is 12.1 Å². The molecule has 0 amide bonds. The molecule has 0 unspecified atom stereocenters. The molecule has 2 aromatic heterocycles. The molecule has 3 heterocycles. The van der Waals surface area contributed by atoms with Crippen molar-refractivity contribution < 1.29 is 31.1 Å². The molecule has 4 rings (SSSR count). The molecule has 0 saturated carbocycles. The molecule has 0 aliphatic carbocycles. The summed E-state index contributed by atoms with van der Waals surface area (Å²) in [5.41, 5.74) is -0.491. The zero-order valence-corrected chi connectivity index (χ0v) is 17.7. The highest BCUT2D eigenvalue weighted by Crippen LogP contribution is 2.32. The van der Waals surface area contributed by atoms with Gasteiger partial charge in [-0.05, 0) is 43.2 Å². The third kappa shape index (κ3) is 4.07. The van der Waals surface area contributed by atoms with E-state index in [-0.39, 0.29) is 35.0 Å². The Bertz CT molecular complexity index is 1270. The Balaban J connectivity index is 1.65. The van der Waals surface area contributed by atoms with Gasteiger partial charge < -0.3 is 4.74 Å². The molecular weight excluding hydrogens is 449 g/mol. The number of benzene rings is 1. The Kier molecular flexibility index (Phi) is 5.67. The van der Waals surface area contributed by atoms with Gasteiger partial charge in [-0.25, -0.2) is 13.2 Å². The van der Waals surface area contributed by atoms with Crippen LogP contribution in [-0.4, -0.2) is 53.5 Å². The molecule has 12 heteroatoms. The van der Waals surface area contributed by atoms with Crippen molar-refractivity contribution in [2.45, 2.75) is 29.8 Å². The molecule has 1 aliphatic heterocycles. The first kappa shape index (κ1) is 22.2. The number of esters is 1. The molecule has 170 valence electrons. The Hall–Kier alpha value is -2.99. The fourth-order valence-corrected chi connectivity index (χ4v) is 5.35. The molecule has 0 N–H and O–H groups in total. The van der Waals surface area contributed by atoms with E-state index in [0.29, 0.717) is 12.8 Å². The van der Waals surface area contributed by atoms with E-state index in [1.807, 2.05) is 0 Å². The van der Waals surface area contributed by atoms with Crippen molar-refractivity contribution >= 4 is 21.6 Å². The topological polar surface area (TPSA) is 93.9 Å². The van der Waals surface area contributed by atoms with Crippen LogP contribution in [0.15, 0.2) is 47.5 Å². The van der Waals surface area contributed by atoms with Gasteiger partial charge in [0.1, 0.15) is 5.82 Å². The van der Waals surface area contributed by atoms with Crippen LogP contribution in [0.4, 0.5) is 13.2 Å². The molecule has 8 nitrogen and oxygen atoms in total. The van der Waals surface area contributed by atoms with Gasteiger partial charge in [0.05, 0.1) is 23.1 Å². The summed E-state index contributed by atoms with van der Waals surface area (Å²) in [6.45, 7) is 0.271. The monoisotopic (exact) mass is 468 g/mol. The number of methoxy groups -OCH3 is 1. The summed E-state index contributed by atoms with van der Waals surface area (Å²) in [6.07, 6.45) is -2.56. The number of piperidine rings is 1. The van der Waals surface area contributed by atoms with Crippen LogP contribution in [0.5, 0.6) is 0 Å². The standard InChI is InChI=1S/C20H19F3N4O4S/c1-31-19(28)13-4-2-6-16(10-13)32(29,30)26-9-3-5-14(11-26)18-25-24-17-8-7-15(12-27(17)18)20(21,22)23/h2,4,6-8,10,12,14H,3,5,9,11H2,1H3/t14-/m0/s1. The molecule has 3 aromatic rings. The van der Waals surface area contributed by atoms with Crippen LogP contribution >= 0.6 is 0 Å². The third-order valence-electron chi connectivity index (χ3n) is 5.40. The van der Waals surface area contributed by atoms with E-state index in [1.54, 1.807) is 0 Å². The van der Waals surface area contributed by atoms with Crippen molar-refractivity contribution in [3.63, 3.8) is 0 Å². The normalized spacial score (nSPS) is 18.1. The van der Waals surface area contributed by atoms with Crippen LogP contribution in [0.1, 0.15) is 40.5 Å². The predicted octanol–water partition coefficient (Wildman–Crippen LogP) is 3.10. The van der Waals surface area contributed by atoms with Crippen LogP contribution in [0.2, 0.25) is 0 Å². The molecule has 0 radical (unpaired) electrons. The highest BCUT2D eigenvalue weighted by molar-refractivity contribution is 7.89. The van der Waals surface area contributed by atoms with Crippen LogP contribution < -0.4 is 0 Å². The lowest BCUT2D eigenvalue weighted by Crippen LogP contribution is -2.39. The lowest BCUT2D eigenvalue weighted by atomic mass is 9.99. The Morgan fingerprint density at radius 3 is 2.69 bits per heavy atom. The smallest absolute Gasteiger partial charge is 0.417 e. The molecule has 1 aliphatic rings. The maximum Gasteiger partial charge on any atom is 0.417 e. The number of hydrogen-bond donors (Lipinski definition) is 0. The fourth-order valence-electron chi connectivity index (χ4n) is 3.78. The molecule has 1 saturated heterocycles. The number of nitrogens with zero attached hydrogens (tertiary/aromatic N) is 4. The van der Waals surface area contributed by atoms with Crippen molar-refractivity contribution in [2.75, 3.05) is 20.2 Å². The molecule has 0 spiro atoms. The largest absolute Gasteiger partial charge is 0.465 e. The number of hydrogen-bond acceptors (Lipinski definition) is 6. The molecular formula is C20H19F3N4O4S. The molecule has 0 bridgehead atoms. The number of carbonyl (C=O) groups is 1. The first-order valence-corrected chi connectivity index (χ1v) is 11.2. The maximum atomic E-state index is 13.2. The van der Waals surface area contributed by atoms with Gasteiger partial charge in [0.15, 0.2) is 5.65 Å². The van der Waals surface area contributed by atoms with Crippen molar-refractivity contribution in [1.82, 2.24) is 18.9 Å². The summed E-state index contributed by atoms with van der Waals surface area (Å²) in [7, 11) is -2.75.